The topological polar surface area (TPSA) is 13.1 Å². The highest BCUT2D eigenvalue weighted by atomic mass is 16.3. The summed E-state index contributed by atoms with van der Waals surface area (Å²) in [5.74, 6) is 0. The molecule has 182 valence electrons. The zero-order chi connectivity index (χ0) is 32.7. The Morgan fingerprint density at radius 2 is 1.00 bits per heavy atom. The molecule has 1 aromatic heterocycles. The highest BCUT2D eigenvalue weighted by molar-refractivity contribution is 6.22. The molecule has 0 aliphatic carbocycles. The number of hydrogen-bond acceptors (Lipinski definition) is 1. The second-order valence-corrected chi connectivity index (χ2v) is 9.47. The molecule has 0 radical (unpaired) electrons. The monoisotopic (exact) mass is 504 g/mol. The van der Waals surface area contributed by atoms with Crippen molar-refractivity contribution in [3.63, 3.8) is 0 Å². The molecular formula is C38H24O. The summed E-state index contributed by atoms with van der Waals surface area (Å²) in [6.07, 6.45) is 0. The van der Waals surface area contributed by atoms with Gasteiger partial charge in [-0.15, -0.1) is 0 Å². The summed E-state index contributed by atoms with van der Waals surface area (Å²) in [6.45, 7) is 0. The van der Waals surface area contributed by atoms with E-state index < -0.39 is 24.2 Å². The fraction of sp³-hybridized carbons (Fsp3) is 0. The molecule has 0 N–H and O–H groups in total. The smallest absolute Gasteiger partial charge is 0.136 e. The van der Waals surface area contributed by atoms with E-state index >= 15 is 0 Å². The highest BCUT2D eigenvalue weighted by Gasteiger charge is 2.18. The maximum absolute atomic E-state index is 9.18. The van der Waals surface area contributed by atoms with Gasteiger partial charge in [0.2, 0.25) is 0 Å². The molecule has 0 aliphatic heterocycles. The minimum Gasteiger partial charge on any atom is -0.456 e. The van der Waals surface area contributed by atoms with Crippen molar-refractivity contribution in [3.8, 4) is 33.4 Å². The number of hydrogen-bond donors (Lipinski definition) is 0. The molecule has 0 amide bonds. The van der Waals surface area contributed by atoms with Crippen molar-refractivity contribution in [3.05, 3.63) is 145 Å². The fourth-order valence-corrected chi connectivity index (χ4v) is 5.65. The Balaban J connectivity index is 1.62. The van der Waals surface area contributed by atoms with Crippen LogP contribution < -0.4 is 0 Å². The second kappa shape index (κ2) is 8.72. The van der Waals surface area contributed by atoms with E-state index in [4.69, 9.17) is 12.6 Å². The number of fused-ring (bicyclic) bond motifs is 5. The Bertz CT molecular complexity index is 2510. The van der Waals surface area contributed by atoms with Gasteiger partial charge < -0.3 is 4.42 Å². The Morgan fingerprint density at radius 1 is 0.436 bits per heavy atom. The molecule has 0 spiro atoms. The summed E-state index contributed by atoms with van der Waals surface area (Å²) < 4.78 is 77.4. The first-order valence-electron chi connectivity index (χ1n) is 16.7. The third kappa shape index (κ3) is 3.41. The number of benzene rings is 7. The van der Waals surface area contributed by atoms with Gasteiger partial charge in [-0.1, -0.05) is 127 Å². The Kier molecular flexibility index (Phi) is 3.42. The Labute approximate surface area is 237 Å². The quantitative estimate of drug-likeness (QED) is 0.218. The van der Waals surface area contributed by atoms with Crippen LogP contribution in [0.15, 0.2) is 150 Å². The minimum atomic E-state index is -0.427. The zero-order valence-corrected chi connectivity index (χ0v) is 20.6. The van der Waals surface area contributed by atoms with E-state index in [2.05, 4.69) is 0 Å². The molecule has 0 unspecified atom stereocenters. The molecule has 0 aliphatic rings. The van der Waals surface area contributed by atoms with Crippen molar-refractivity contribution < 1.29 is 15.4 Å². The molecule has 7 aromatic carbocycles. The summed E-state index contributed by atoms with van der Waals surface area (Å²) in [5, 5.41) is 2.39. The van der Waals surface area contributed by atoms with Gasteiger partial charge in [-0.05, 0) is 73.1 Å². The predicted octanol–water partition coefficient (Wildman–Crippen LogP) is 10.9. The van der Waals surface area contributed by atoms with Crippen LogP contribution in [0.25, 0.3) is 76.9 Å². The maximum atomic E-state index is 9.18. The van der Waals surface area contributed by atoms with Crippen LogP contribution in [0.5, 0.6) is 0 Å². The molecule has 8 aromatic rings. The van der Waals surface area contributed by atoms with Gasteiger partial charge in [-0.2, -0.15) is 0 Å². The van der Waals surface area contributed by atoms with Crippen molar-refractivity contribution in [2.75, 3.05) is 0 Å². The van der Waals surface area contributed by atoms with Crippen molar-refractivity contribution in [1.29, 1.82) is 0 Å². The van der Waals surface area contributed by atoms with Gasteiger partial charge in [-0.25, -0.2) is 0 Å². The van der Waals surface area contributed by atoms with Crippen molar-refractivity contribution in [1.82, 2.24) is 0 Å². The number of rotatable bonds is 3. The van der Waals surface area contributed by atoms with Gasteiger partial charge >= 0.3 is 0 Å². The molecule has 8 rings (SSSR count). The van der Waals surface area contributed by atoms with Gasteiger partial charge in [0.05, 0.1) is 11.0 Å². The van der Waals surface area contributed by atoms with Crippen molar-refractivity contribution in [2.45, 2.75) is 0 Å². The van der Waals surface area contributed by atoms with Crippen LogP contribution in [0, 0.1) is 0 Å². The SMILES string of the molecule is [2H]c1c([2H])c([2H])c2c(-c3ccc4oc5cccc(-c6ccccc6)c5c4c3)c3c([2H])c([2H])c([2H])c([2H])c3c(-c3ccccc3)c2c1[2H]. The highest BCUT2D eigenvalue weighted by Crippen LogP contribution is 2.45. The molecule has 1 nitrogen and oxygen atoms in total. The fourth-order valence-electron chi connectivity index (χ4n) is 5.65. The van der Waals surface area contributed by atoms with Crippen LogP contribution in [0.1, 0.15) is 11.0 Å². The molecule has 0 bridgehead atoms. The van der Waals surface area contributed by atoms with Gasteiger partial charge in [-0.3, -0.25) is 0 Å². The van der Waals surface area contributed by atoms with E-state index in [1.165, 1.54) is 0 Å². The lowest BCUT2D eigenvalue weighted by molar-refractivity contribution is 0.669. The van der Waals surface area contributed by atoms with Crippen molar-refractivity contribution in [2.24, 2.45) is 0 Å². The summed E-state index contributed by atoms with van der Waals surface area (Å²) in [6, 6.07) is 27.4. The van der Waals surface area contributed by atoms with E-state index in [1.54, 1.807) is 36.4 Å². The van der Waals surface area contributed by atoms with Crippen LogP contribution in [0.2, 0.25) is 0 Å². The standard InChI is InChI=1S/C38H24O/c1-3-12-25(13-4-1)28-20-11-21-35-38(28)33-24-27(22-23-34(33)39-35)37-31-18-9-7-16-29(31)36(26-14-5-2-6-15-26)30-17-8-10-19-32(30)37/h1-24H/i7D,8D,9D,10D,16D,17D,18D,19D. The average Bonchev–Trinajstić information content (AvgIpc) is 3.49. The summed E-state index contributed by atoms with van der Waals surface area (Å²) in [5.41, 5.74) is 5.00. The Hall–Kier alpha value is -5.14. The lowest BCUT2D eigenvalue weighted by atomic mass is 9.85. The molecule has 39 heavy (non-hydrogen) atoms. The summed E-state index contributed by atoms with van der Waals surface area (Å²) >= 11 is 0. The van der Waals surface area contributed by atoms with E-state index in [1.807, 2.05) is 60.7 Å². The van der Waals surface area contributed by atoms with E-state index in [0.717, 1.165) is 21.9 Å². The minimum absolute atomic E-state index is 0.183. The average molecular weight is 505 g/mol. The molecule has 1 heterocycles. The van der Waals surface area contributed by atoms with Crippen LogP contribution >= 0.6 is 0 Å². The first kappa shape index (κ1) is 15.3. The van der Waals surface area contributed by atoms with Crippen LogP contribution in [-0.2, 0) is 0 Å². The normalized spacial score (nSPS) is 14.5. The Morgan fingerprint density at radius 3 is 1.62 bits per heavy atom. The maximum Gasteiger partial charge on any atom is 0.136 e. The van der Waals surface area contributed by atoms with Gasteiger partial charge in [0.15, 0.2) is 0 Å². The van der Waals surface area contributed by atoms with Crippen molar-refractivity contribution >= 4 is 43.5 Å². The van der Waals surface area contributed by atoms with E-state index in [0.29, 0.717) is 33.4 Å². The van der Waals surface area contributed by atoms with Gasteiger partial charge in [0.1, 0.15) is 11.2 Å². The molecule has 0 saturated carbocycles. The first-order chi connectivity index (χ1) is 22.7. The van der Waals surface area contributed by atoms with Crippen LogP contribution in [0.3, 0.4) is 0 Å². The van der Waals surface area contributed by atoms with Crippen LogP contribution in [0.4, 0.5) is 0 Å². The lowest BCUT2D eigenvalue weighted by Crippen LogP contribution is -1.90. The van der Waals surface area contributed by atoms with Crippen LogP contribution in [-0.4, -0.2) is 0 Å². The lowest BCUT2D eigenvalue weighted by Gasteiger charge is -2.17. The first-order valence-corrected chi connectivity index (χ1v) is 12.7. The molecule has 0 saturated heterocycles. The molecule has 1 heteroatoms. The molecular weight excluding hydrogens is 472 g/mol. The second-order valence-electron chi connectivity index (χ2n) is 9.47. The third-order valence-corrected chi connectivity index (χ3v) is 7.31. The van der Waals surface area contributed by atoms with E-state index in [9.17, 15) is 2.74 Å². The largest absolute Gasteiger partial charge is 0.456 e. The molecule has 0 fully saturated rings. The number of furan rings is 1. The molecule has 0 atom stereocenters. The van der Waals surface area contributed by atoms with E-state index in [-0.39, 0.29) is 45.7 Å². The predicted molar refractivity (Wildman–Crippen MR) is 165 cm³/mol. The zero-order valence-electron chi connectivity index (χ0n) is 28.6. The summed E-state index contributed by atoms with van der Waals surface area (Å²) in [4.78, 5) is 0. The van der Waals surface area contributed by atoms with Gasteiger partial charge in [0, 0.05) is 10.8 Å². The van der Waals surface area contributed by atoms with Gasteiger partial charge in [0.25, 0.3) is 0 Å². The third-order valence-electron chi connectivity index (χ3n) is 7.31. The summed E-state index contributed by atoms with van der Waals surface area (Å²) in [7, 11) is 0.